The maximum absolute atomic E-state index is 12.4. The van der Waals surface area contributed by atoms with Gasteiger partial charge in [0.05, 0.1) is 5.56 Å². The van der Waals surface area contributed by atoms with Crippen molar-refractivity contribution in [1.29, 1.82) is 0 Å². The number of ether oxygens (including phenoxy) is 1. The van der Waals surface area contributed by atoms with Crippen molar-refractivity contribution in [3.63, 3.8) is 0 Å². The molecule has 0 unspecified atom stereocenters. The first-order valence-corrected chi connectivity index (χ1v) is 7.68. The van der Waals surface area contributed by atoms with Crippen LogP contribution in [-0.2, 0) is 0 Å². The van der Waals surface area contributed by atoms with E-state index in [1.807, 2.05) is 18.2 Å². The molecular weight excluding hydrogens is 294 g/mol. The van der Waals surface area contributed by atoms with Crippen molar-refractivity contribution in [2.24, 2.45) is 0 Å². The van der Waals surface area contributed by atoms with E-state index in [0.717, 1.165) is 6.42 Å². The quantitative estimate of drug-likeness (QED) is 0.925. The molecular formula is C17H19N3O3. The predicted molar refractivity (Wildman–Crippen MR) is 85.4 cm³/mol. The maximum atomic E-state index is 12.4. The molecule has 0 bridgehead atoms. The van der Waals surface area contributed by atoms with Gasteiger partial charge in [0.2, 0.25) is 0 Å². The van der Waals surface area contributed by atoms with Crippen LogP contribution in [0.15, 0.2) is 48.8 Å². The second kappa shape index (κ2) is 7.00. The molecule has 2 aromatic rings. The van der Waals surface area contributed by atoms with Gasteiger partial charge in [-0.3, -0.25) is 4.79 Å². The molecule has 6 nitrogen and oxygen atoms in total. The first-order chi connectivity index (χ1) is 11.2. The van der Waals surface area contributed by atoms with E-state index in [1.165, 1.54) is 0 Å². The van der Waals surface area contributed by atoms with Crippen molar-refractivity contribution in [1.82, 2.24) is 14.8 Å². The van der Waals surface area contributed by atoms with Crippen LogP contribution in [0.3, 0.4) is 0 Å². The number of aromatic nitrogens is 1. The molecule has 3 rings (SSSR count). The Bertz CT molecular complexity index is 655. The van der Waals surface area contributed by atoms with Gasteiger partial charge in [-0.2, -0.15) is 0 Å². The minimum absolute atomic E-state index is 0.00970. The Labute approximate surface area is 134 Å². The fourth-order valence-electron chi connectivity index (χ4n) is 2.60. The Morgan fingerprint density at radius 3 is 2.43 bits per heavy atom. The van der Waals surface area contributed by atoms with Gasteiger partial charge in [-0.15, -0.1) is 0 Å². The van der Waals surface area contributed by atoms with Crippen LogP contribution in [-0.4, -0.2) is 53.0 Å². The Morgan fingerprint density at radius 2 is 1.70 bits per heavy atom. The Hall–Kier alpha value is -2.76. The fraction of sp³-hybridized carbons (Fsp3) is 0.294. The van der Waals surface area contributed by atoms with E-state index in [-0.39, 0.29) is 12.0 Å². The molecule has 2 amide bonds. The highest BCUT2D eigenvalue weighted by molar-refractivity contribution is 5.94. The molecule has 1 aromatic heterocycles. The summed E-state index contributed by atoms with van der Waals surface area (Å²) in [6.07, 6.45) is 3.79. The SMILES string of the molecule is O=C(Oc1ccccc1)N1CCCN(C(=O)c2cc[nH]c2)CC1. The second-order valence-corrected chi connectivity index (χ2v) is 5.41. The largest absolute Gasteiger partial charge is 0.415 e. The zero-order valence-electron chi connectivity index (χ0n) is 12.8. The molecule has 1 fully saturated rings. The van der Waals surface area contributed by atoms with Crippen molar-refractivity contribution in [3.05, 3.63) is 54.4 Å². The number of carbonyl (C=O) groups excluding carboxylic acids is 2. The molecule has 0 saturated carbocycles. The van der Waals surface area contributed by atoms with Gasteiger partial charge in [0.1, 0.15) is 5.75 Å². The van der Waals surface area contributed by atoms with E-state index in [4.69, 9.17) is 4.74 Å². The van der Waals surface area contributed by atoms with Gasteiger partial charge in [0.25, 0.3) is 5.91 Å². The van der Waals surface area contributed by atoms with Crippen LogP contribution in [0.4, 0.5) is 4.79 Å². The van der Waals surface area contributed by atoms with Crippen LogP contribution in [0.2, 0.25) is 0 Å². The van der Waals surface area contributed by atoms with Gasteiger partial charge < -0.3 is 19.5 Å². The zero-order valence-corrected chi connectivity index (χ0v) is 12.8. The first kappa shape index (κ1) is 15.1. The standard InChI is InChI=1S/C17H19N3O3/c21-16(14-7-8-18-13-14)19-9-4-10-20(12-11-19)17(22)23-15-5-2-1-3-6-15/h1-3,5-8,13,18H,4,9-12H2. The van der Waals surface area contributed by atoms with E-state index in [9.17, 15) is 9.59 Å². The van der Waals surface area contributed by atoms with Crippen molar-refractivity contribution in [2.75, 3.05) is 26.2 Å². The lowest BCUT2D eigenvalue weighted by Crippen LogP contribution is -2.38. The molecule has 23 heavy (non-hydrogen) atoms. The molecule has 1 aromatic carbocycles. The molecule has 2 heterocycles. The van der Waals surface area contributed by atoms with Gasteiger partial charge in [-0.25, -0.2) is 4.79 Å². The van der Waals surface area contributed by atoms with Crippen molar-refractivity contribution in [3.8, 4) is 5.75 Å². The van der Waals surface area contributed by atoms with Gasteiger partial charge in [0.15, 0.2) is 0 Å². The van der Waals surface area contributed by atoms with Crippen LogP contribution in [0.5, 0.6) is 5.75 Å². The van der Waals surface area contributed by atoms with Gasteiger partial charge in [-0.1, -0.05) is 18.2 Å². The summed E-state index contributed by atoms with van der Waals surface area (Å²) >= 11 is 0. The molecule has 0 aliphatic carbocycles. The van der Waals surface area contributed by atoms with Crippen molar-refractivity contribution >= 4 is 12.0 Å². The number of aromatic amines is 1. The normalized spacial score (nSPS) is 15.1. The summed E-state index contributed by atoms with van der Waals surface area (Å²) in [7, 11) is 0. The lowest BCUT2D eigenvalue weighted by atomic mass is 10.3. The topological polar surface area (TPSA) is 65.6 Å². The van der Waals surface area contributed by atoms with Gasteiger partial charge in [0, 0.05) is 38.6 Å². The number of carbonyl (C=O) groups is 2. The second-order valence-electron chi connectivity index (χ2n) is 5.41. The third-order valence-corrected chi connectivity index (χ3v) is 3.83. The highest BCUT2D eigenvalue weighted by atomic mass is 16.6. The van der Waals surface area contributed by atoms with Crippen LogP contribution in [0.1, 0.15) is 16.8 Å². The molecule has 1 aliphatic rings. The molecule has 120 valence electrons. The number of benzene rings is 1. The lowest BCUT2D eigenvalue weighted by Gasteiger charge is -2.21. The summed E-state index contributed by atoms with van der Waals surface area (Å²) in [6.45, 7) is 2.21. The van der Waals surface area contributed by atoms with Crippen LogP contribution in [0, 0.1) is 0 Å². The van der Waals surface area contributed by atoms with E-state index in [2.05, 4.69) is 4.98 Å². The number of hydrogen-bond acceptors (Lipinski definition) is 3. The van der Waals surface area contributed by atoms with Gasteiger partial charge in [-0.05, 0) is 24.6 Å². The number of rotatable bonds is 2. The minimum atomic E-state index is -0.368. The predicted octanol–water partition coefficient (Wildman–Crippen LogP) is 2.36. The van der Waals surface area contributed by atoms with E-state index in [0.29, 0.717) is 37.5 Å². The first-order valence-electron chi connectivity index (χ1n) is 7.68. The smallest absolute Gasteiger partial charge is 0.410 e. The summed E-state index contributed by atoms with van der Waals surface area (Å²) in [5.41, 5.74) is 0.644. The van der Waals surface area contributed by atoms with Crippen LogP contribution >= 0.6 is 0 Å². The highest BCUT2D eigenvalue weighted by Gasteiger charge is 2.24. The third-order valence-electron chi connectivity index (χ3n) is 3.83. The summed E-state index contributed by atoms with van der Waals surface area (Å²) in [6, 6.07) is 10.8. The van der Waals surface area contributed by atoms with Crippen molar-refractivity contribution in [2.45, 2.75) is 6.42 Å². The summed E-state index contributed by atoms with van der Waals surface area (Å²) in [4.78, 5) is 30.9. The molecule has 1 aliphatic heterocycles. The van der Waals surface area contributed by atoms with Crippen LogP contribution < -0.4 is 4.74 Å². The number of amides is 2. The number of H-pyrrole nitrogens is 1. The average molecular weight is 313 g/mol. The van der Waals surface area contributed by atoms with E-state index < -0.39 is 0 Å². The summed E-state index contributed by atoms with van der Waals surface area (Å²) in [5, 5.41) is 0. The number of nitrogens with one attached hydrogen (secondary N) is 1. The molecule has 0 radical (unpaired) electrons. The average Bonchev–Trinajstić information content (AvgIpc) is 2.99. The van der Waals surface area contributed by atoms with E-state index >= 15 is 0 Å². The molecule has 0 spiro atoms. The number of para-hydroxylation sites is 1. The molecule has 1 N–H and O–H groups in total. The molecule has 0 atom stereocenters. The monoisotopic (exact) mass is 313 g/mol. The number of nitrogens with zero attached hydrogens (tertiary/aromatic N) is 2. The Kier molecular flexibility index (Phi) is 4.61. The zero-order chi connectivity index (χ0) is 16.1. The molecule has 1 saturated heterocycles. The fourth-order valence-corrected chi connectivity index (χ4v) is 2.60. The maximum Gasteiger partial charge on any atom is 0.415 e. The van der Waals surface area contributed by atoms with E-state index in [1.54, 1.807) is 40.4 Å². The van der Waals surface area contributed by atoms with Crippen LogP contribution in [0.25, 0.3) is 0 Å². The number of hydrogen-bond donors (Lipinski definition) is 1. The van der Waals surface area contributed by atoms with Gasteiger partial charge >= 0.3 is 6.09 Å². The highest BCUT2D eigenvalue weighted by Crippen LogP contribution is 2.13. The lowest BCUT2D eigenvalue weighted by molar-refractivity contribution is 0.0760. The molecule has 6 heteroatoms. The van der Waals surface area contributed by atoms with Crippen molar-refractivity contribution < 1.29 is 14.3 Å². The minimum Gasteiger partial charge on any atom is -0.410 e. The summed E-state index contributed by atoms with van der Waals surface area (Å²) in [5.74, 6) is 0.520. The third kappa shape index (κ3) is 3.71. The Balaban J connectivity index is 1.58. The summed E-state index contributed by atoms with van der Waals surface area (Å²) < 4.78 is 5.36. The Morgan fingerprint density at radius 1 is 0.957 bits per heavy atom.